The lowest BCUT2D eigenvalue weighted by Crippen LogP contribution is -2.46. The molecule has 35 heavy (non-hydrogen) atoms. The monoisotopic (exact) mass is 496 g/mol. The number of ether oxygens (including phenoxy) is 1. The maximum absolute atomic E-state index is 12.9. The number of hydrogen-bond donors (Lipinski definition) is 2. The fraction of sp³-hybridized carbons (Fsp3) is 0.381. The quantitative estimate of drug-likeness (QED) is 0.381. The second kappa shape index (κ2) is 9.90. The lowest BCUT2D eigenvalue weighted by Gasteiger charge is -2.38. The number of imidazole rings is 1. The molecule has 0 aliphatic carbocycles. The Morgan fingerprint density at radius 1 is 1.23 bits per heavy atom. The number of halogens is 5. The van der Waals surface area contributed by atoms with Gasteiger partial charge >= 0.3 is 12.8 Å². The predicted molar refractivity (Wildman–Crippen MR) is 116 cm³/mol. The van der Waals surface area contributed by atoms with E-state index in [1.807, 2.05) is 0 Å². The van der Waals surface area contributed by atoms with Crippen molar-refractivity contribution in [3.63, 3.8) is 0 Å². The van der Waals surface area contributed by atoms with Crippen molar-refractivity contribution in [2.75, 3.05) is 18.0 Å². The minimum Gasteiger partial charge on any atom is -0.404 e. The van der Waals surface area contributed by atoms with E-state index in [0.717, 1.165) is 6.21 Å². The molecule has 1 aliphatic heterocycles. The van der Waals surface area contributed by atoms with Crippen molar-refractivity contribution in [3.8, 4) is 11.5 Å². The van der Waals surface area contributed by atoms with Gasteiger partial charge in [0.2, 0.25) is 0 Å². The summed E-state index contributed by atoms with van der Waals surface area (Å²) >= 11 is 0. The first-order chi connectivity index (χ1) is 16.7. The van der Waals surface area contributed by atoms with Crippen LogP contribution in [0.2, 0.25) is 0 Å². The summed E-state index contributed by atoms with van der Waals surface area (Å²) in [5.41, 5.74) is 6.53. The zero-order chi connectivity index (χ0) is 25.2. The minimum absolute atomic E-state index is 0.111. The van der Waals surface area contributed by atoms with Gasteiger partial charge in [0.25, 0.3) is 0 Å². The molecule has 3 aromatic rings. The molecule has 0 saturated carbocycles. The molecule has 3 N–H and O–H groups in total. The number of aromatic nitrogens is 5. The van der Waals surface area contributed by atoms with Gasteiger partial charge in [-0.1, -0.05) is 0 Å². The van der Waals surface area contributed by atoms with Crippen molar-refractivity contribution in [1.82, 2.24) is 24.3 Å². The molecule has 0 spiro atoms. The van der Waals surface area contributed by atoms with Gasteiger partial charge in [0.1, 0.15) is 11.5 Å². The Labute approximate surface area is 196 Å². The summed E-state index contributed by atoms with van der Waals surface area (Å²) in [5, 5.41) is 7.56. The van der Waals surface area contributed by atoms with Crippen LogP contribution in [0, 0.1) is 11.3 Å². The summed E-state index contributed by atoms with van der Waals surface area (Å²) in [7, 11) is 0. The second-order valence-electron chi connectivity index (χ2n) is 7.95. The van der Waals surface area contributed by atoms with Gasteiger partial charge in [-0.3, -0.25) is 9.38 Å². The zero-order valence-corrected chi connectivity index (χ0v) is 18.2. The van der Waals surface area contributed by atoms with Crippen molar-refractivity contribution in [1.29, 1.82) is 5.41 Å². The Morgan fingerprint density at radius 2 is 2.03 bits per heavy atom. The maximum Gasteiger partial charge on any atom is 0.394 e. The van der Waals surface area contributed by atoms with Crippen LogP contribution in [-0.4, -0.2) is 62.5 Å². The van der Waals surface area contributed by atoms with Crippen molar-refractivity contribution in [2.45, 2.75) is 31.7 Å². The van der Waals surface area contributed by atoms with Crippen LogP contribution in [0.1, 0.15) is 12.1 Å². The van der Waals surface area contributed by atoms with Gasteiger partial charge in [-0.2, -0.15) is 22.0 Å². The van der Waals surface area contributed by atoms with Crippen molar-refractivity contribution in [3.05, 3.63) is 48.3 Å². The normalized spacial score (nSPS) is 19.5. The fourth-order valence-corrected chi connectivity index (χ4v) is 4.07. The van der Waals surface area contributed by atoms with Gasteiger partial charge in [-0.15, -0.1) is 0 Å². The summed E-state index contributed by atoms with van der Waals surface area (Å²) in [6, 6.07) is 1.58. The van der Waals surface area contributed by atoms with E-state index in [1.54, 1.807) is 11.0 Å². The first-order valence-electron chi connectivity index (χ1n) is 10.5. The summed E-state index contributed by atoms with van der Waals surface area (Å²) in [6.07, 6.45) is 1.45. The molecule has 3 aromatic heterocycles. The van der Waals surface area contributed by atoms with Crippen LogP contribution in [0.4, 0.5) is 27.8 Å². The third-order valence-corrected chi connectivity index (χ3v) is 5.56. The average Bonchev–Trinajstić information content (AvgIpc) is 3.21. The van der Waals surface area contributed by atoms with Crippen LogP contribution in [0.5, 0.6) is 0 Å². The lowest BCUT2D eigenvalue weighted by atomic mass is 9.89. The van der Waals surface area contributed by atoms with Gasteiger partial charge in [0, 0.05) is 37.6 Å². The number of nitrogens with two attached hydrogens (primary N) is 1. The molecule has 4 heterocycles. The van der Waals surface area contributed by atoms with Crippen molar-refractivity contribution in [2.24, 2.45) is 11.7 Å². The SMILES string of the molecule is N=CC(=CN)C1CC(OC(F)F)CN(c2ccnc(-c3cnc4cnc(CC(F)(F)F)cn34)n2)C1. The summed E-state index contributed by atoms with van der Waals surface area (Å²) < 4.78 is 70.5. The molecule has 14 heteroatoms. The minimum atomic E-state index is -4.42. The molecule has 2 atom stereocenters. The highest BCUT2D eigenvalue weighted by Crippen LogP contribution is 2.29. The number of hydrogen-bond acceptors (Lipinski definition) is 8. The van der Waals surface area contributed by atoms with E-state index >= 15 is 0 Å². The van der Waals surface area contributed by atoms with Gasteiger partial charge in [0.15, 0.2) is 11.5 Å². The number of anilines is 1. The van der Waals surface area contributed by atoms with E-state index in [1.165, 1.54) is 35.4 Å². The Kier molecular flexibility index (Phi) is 6.91. The van der Waals surface area contributed by atoms with Gasteiger partial charge in [0.05, 0.1) is 30.6 Å². The highest BCUT2D eigenvalue weighted by atomic mass is 19.4. The van der Waals surface area contributed by atoms with Gasteiger partial charge in [-0.25, -0.2) is 15.0 Å². The smallest absolute Gasteiger partial charge is 0.394 e. The molecule has 0 bridgehead atoms. The number of nitrogens with zero attached hydrogens (tertiary/aromatic N) is 6. The first kappa shape index (κ1) is 24.4. The van der Waals surface area contributed by atoms with Crippen molar-refractivity contribution < 1.29 is 26.7 Å². The number of nitrogens with one attached hydrogen (secondary N) is 1. The molecule has 1 aliphatic rings. The van der Waals surface area contributed by atoms with Gasteiger partial charge < -0.3 is 20.8 Å². The molecule has 0 amide bonds. The van der Waals surface area contributed by atoms with Crippen LogP contribution >= 0.6 is 0 Å². The molecule has 2 unspecified atom stereocenters. The molecule has 4 rings (SSSR count). The Hall–Kier alpha value is -3.68. The molecule has 186 valence electrons. The Morgan fingerprint density at radius 3 is 2.71 bits per heavy atom. The number of rotatable bonds is 7. The maximum atomic E-state index is 12.9. The molecule has 9 nitrogen and oxygen atoms in total. The zero-order valence-electron chi connectivity index (χ0n) is 18.2. The first-order valence-corrected chi connectivity index (χ1v) is 10.5. The van der Waals surface area contributed by atoms with E-state index in [2.05, 4.69) is 19.9 Å². The largest absolute Gasteiger partial charge is 0.404 e. The number of alkyl halides is 5. The second-order valence-corrected chi connectivity index (χ2v) is 7.95. The molecule has 1 saturated heterocycles. The third kappa shape index (κ3) is 5.70. The molecule has 1 fully saturated rings. The third-order valence-electron chi connectivity index (χ3n) is 5.56. The highest BCUT2D eigenvalue weighted by Gasteiger charge is 2.32. The van der Waals surface area contributed by atoms with Crippen LogP contribution in [-0.2, 0) is 11.2 Å². The number of fused-ring (bicyclic) bond motifs is 1. The average molecular weight is 496 g/mol. The van der Waals surface area contributed by atoms with Crippen LogP contribution in [0.3, 0.4) is 0 Å². The van der Waals surface area contributed by atoms with E-state index in [-0.39, 0.29) is 30.4 Å². The van der Waals surface area contributed by atoms with Crippen molar-refractivity contribution >= 4 is 17.7 Å². The Balaban J connectivity index is 1.67. The van der Waals surface area contributed by atoms with E-state index in [4.69, 9.17) is 15.9 Å². The molecule has 0 aromatic carbocycles. The highest BCUT2D eigenvalue weighted by molar-refractivity contribution is 5.76. The molecular weight excluding hydrogens is 475 g/mol. The Bertz CT molecular complexity index is 1230. The lowest BCUT2D eigenvalue weighted by molar-refractivity contribution is -0.166. The molecule has 0 radical (unpaired) electrons. The summed E-state index contributed by atoms with van der Waals surface area (Å²) in [6.45, 7) is -2.52. The van der Waals surface area contributed by atoms with E-state index in [0.29, 0.717) is 29.3 Å². The number of piperidine rings is 1. The fourth-order valence-electron chi connectivity index (χ4n) is 4.07. The van der Waals surface area contributed by atoms with E-state index < -0.39 is 25.3 Å². The van der Waals surface area contributed by atoms with Crippen LogP contribution in [0.15, 0.2) is 42.6 Å². The summed E-state index contributed by atoms with van der Waals surface area (Å²) in [5.74, 6) is 0.220. The predicted octanol–water partition coefficient (Wildman–Crippen LogP) is 3.22. The standard InChI is InChI=1S/C21H21F5N8O/c22-20(23)35-15-3-12(13(5-27)6-28)9-33(11-15)17-1-2-29-19(32-17)16-7-31-18-8-30-14(10-34(16)18)4-21(24,25)26/h1-2,5-8,10,12,15,20,27H,3-4,9,11,28H2. The van der Waals surface area contributed by atoms with Crippen LogP contribution < -0.4 is 10.6 Å². The van der Waals surface area contributed by atoms with Crippen LogP contribution in [0.25, 0.3) is 17.2 Å². The molecular formula is C21H21F5N8O. The van der Waals surface area contributed by atoms with E-state index in [9.17, 15) is 22.0 Å². The summed E-state index contributed by atoms with van der Waals surface area (Å²) in [4.78, 5) is 18.4. The topological polar surface area (TPSA) is 118 Å². The van der Waals surface area contributed by atoms with Gasteiger partial charge in [-0.05, 0) is 24.3 Å².